The summed E-state index contributed by atoms with van der Waals surface area (Å²) in [5, 5.41) is 11.5. The van der Waals surface area contributed by atoms with Gasteiger partial charge in [0.25, 0.3) is 0 Å². The highest BCUT2D eigenvalue weighted by molar-refractivity contribution is 5.94. The van der Waals surface area contributed by atoms with E-state index in [1.165, 1.54) is 11.1 Å². The van der Waals surface area contributed by atoms with Crippen molar-refractivity contribution < 1.29 is 0 Å². The van der Waals surface area contributed by atoms with Crippen molar-refractivity contribution in [1.29, 1.82) is 0 Å². The summed E-state index contributed by atoms with van der Waals surface area (Å²) in [6.45, 7) is 4.52. The van der Waals surface area contributed by atoms with Crippen molar-refractivity contribution >= 4 is 11.0 Å². The number of rotatable bonds is 3. The van der Waals surface area contributed by atoms with E-state index in [2.05, 4.69) is 89.9 Å². The van der Waals surface area contributed by atoms with Gasteiger partial charge in [-0.25, -0.2) is 0 Å². The molecule has 1 N–H and O–H groups in total. The molecule has 3 aromatic carbocycles. The molecular weight excluding hydrogens is 294 g/mol. The topological polar surface area (TPSA) is 41.6 Å². The highest BCUT2D eigenvalue weighted by Gasteiger charge is 2.28. The molecule has 24 heavy (non-hydrogen) atoms. The maximum atomic E-state index is 4.43. The number of H-pyrrole nitrogens is 1. The normalized spacial score (nSPS) is 11.8. The Labute approximate surface area is 141 Å². The van der Waals surface area contributed by atoms with E-state index >= 15 is 0 Å². The van der Waals surface area contributed by atoms with E-state index in [0.29, 0.717) is 0 Å². The molecule has 0 unspecified atom stereocenters. The molecular formula is C21H19N3. The second-order valence-electron chi connectivity index (χ2n) is 6.54. The number of hydrogen-bond donors (Lipinski definition) is 1. The highest BCUT2D eigenvalue weighted by Crippen LogP contribution is 2.40. The molecule has 118 valence electrons. The van der Waals surface area contributed by atoms with Crippen LogP contribution >= 0.6 is 0 Å². The Bertz CT molecular complexity index is 970. The third-order valence-electron chi connectivity index (χ3n) is 4.72. The van der Waals surface area contributed by atoms with Gasteiger partial charge in [-0.2, -0.15) is 15.4 Å². The van der Waals surface area contributed by atoms with Crippen LogP contribution in [0.4, 0.5) is 0 Å². The number of aromatic amines is 1. The Hall–Kier alpha value is -2.94. The fourth-order valence-corrected chi connectivity index (χ4v) is 3.34. The minimum absolute atomic E-state index is 0.139. The largest absolute Gasteiger partial charge is 0.197 e. The van der Waals surface area contributed by atoms with Gasteiger partial charge in [0.2, 0.25) is 0 Å². The molecule has 0 atom stereocenters. The van der Waals surface area contributed by atoms with Gasteiger partial charge in [0.1, 0.15) is 11.0 Å². The van der Waals surface area contributed by atoms with Gasteiger partial charge in [0.15, 0.2) is 0 Å². The smallest absolute Gasteiger partial charge is 0.121 e. The Kier molecular flexibility index (Phi) is 3.42. The molecule has 4 rings (SSSR count). The summed E-state index contributed by atoms with van der Waals surface area (Å²) >= 11 is 0. The molecule has 0 aliphatic rings. The monoisotopic (exact) mass is 313 g/mol. The van der Waals surface area contributed by atoms with Gasteiger partial charge < -0.3 is 0 Å². The second-order valence-corrected chi connectivity index (χ2v) is 6.54. The first-order valence-electron chi connectivity index (χ1n) is 8.13. The molecule has 1 aromatic heterocycles. The lowest BCUT2D eigenvalue weighted by atomic mass is 9.74. The van der Waals surface area contributed by atoms with Gasteiger partial charge in [-0.1, -0.05) is 80.6 Å². The number of fused-ring (bicyclic) bond motifs is 1. The van der Waals surface area contributed by atoms with Crippen LogP contribution in [0.15, 0.2) is 72.8 Å². The average Bonchev–Trinajstić information content (AvgIpc) is 3.11. The lowest BCUT2D eigenvalue weighted by Crippen LogP contribution is -2.20. The number of nitrogens with zero attached hydrogens (tertiary/aromatic N) is 2. The molecule has 1 heterocycles. The van der Waals surface area contributed by atoms with Crippen molar-refractivity contribution in [2.45, 2.75) is 19.3 Å². The minimum atomic E-state index is -0.139. The van der Waals surface area contributed by atoms with Crippen LogP contribution < -0.4 is 0 Å². The van der Waals surface area contributed by atoms with E-state index in [4.69, 9.17) is 0 Å². The summed E-state index contributed by atoms with van der Waals surface area (Å²) < 4.78 is 0. The summed E-state index contributed by atoms with van der Waals surface area (Å²) in [5.74, 6) is 0. The molecule has 0 aliphatic carbocycles. The van der Waals surface area contributed by atoms with Gasteiger partial charge in [-0.3, -0.25) is 0 Å². The Morgan fingerprint density at radius 1 is 0.750 bits per heavy atom. The van der Waals surface area contributed by atoms with Crippen molar-refractivity contribution in [1.82, 2.24) is 15.4 Å². The van der Waals surface area contributed by atoms with E-state index in [0.717, 1.165) is 22.2 Å². The molecule has 0 saturated carbocycles. The zero-order valence-electron chi connectivity index (χ0n) is 13.8. The van der Waals surface area contributed by atoms with Crippen LogP contribution in [-0.4, -0.2) is 15.4 Å². The minimum Gasteiger partial charge on any atom is -0.197 e. The molecule has 0 fully saturated rings. The summed E-state index contributed by atoms with van der Waals surface area (Å²) in [6, 6.07) is 25.3. The lowest BCUT2D eigenvalue weighted by Gasteiger charge is -2.29. The third kappa shape index (κ3) is 2.29. The Balaban J connectivity index is 2.03. The Morgan fingerprint density at radius 3 is 2.12 bits per heavy atom. The van der Waals surface area contributed by atoms with Crippen LogP contribution in [-0.2, 0) is 5.41 Å². The van der Waals surface area contributed by atoms with Gasteiger partial charge in [-0.15, -0.1) is 0 Å². The quantitative estimate of drug-likeness (QED) is 0.581. The standard InChI is InChI=1S/C21H19N3/c1-21(2,16-11-7-4-8-12-16)17-13-14-18-20(23-24-22-18)19(17)15-9-5-3-6-10-15/h3-14H,1-2H3,(H,22,23,24). The van der Waals surface area contributed by atoms with E-state index < -0.39 is 0 Å². The average molecular weight is 313 g/mol. The molecule has 4 aromatic rings. The van der Waals surface area contributed by atoms with E-state index in [-0.39, 0.29) is 5.41 Å². The van der Waals surface area contributed by atoms with Crippen LogP contribution in [0.5, 0.6) is 0 Å². The summed E-state index contributed by atoms with van der Waals surface area (Å²) in [6.07, 6.45) is 0. The number of benzene rings is 3. The molecule has 0 radical (unpaired) electrons. The van der Waals surface area contributed by atoms with Crippen LogP contribution in [0.2, 0.25) is 0 Å². The SMILES string of the molecule is CC(C)(c1ccccc1)c1ccc2n[nH]nc2c1-c1ccccc1. The molecule has 3 nitrogen and oxygen atoms in total. The highest BCUT2D eigenvalue weighted by atomic mass is 15.3. The number of nitrogens with one attached hydrogen (secondary N) is 1. The van der Waals surface area contributed by atoms with Crippen molar-refractivity contribution in [3.63, 3.8) is 0 Å². The molecule has 0 amide bonds. The third-order valence-corrected chi connectivity index (χ3v) is 4.72. The molecule has 0 spiro atoms. The number of aromatic nitrogens is 3. The predicted molar refractivity (Wildman–Crippen MR) is 97.9 cm³/mol. The summed E-state index contributed by atoms with van der Waals surface area (Å²) in [4.78, 5) is 0. The van der Waals surface area contributed by atoms with Gasteiger partial charge in [-0.05, 0) is 22.8 Å². The van der Waals surface area contributed by atoms with Gasteiger partial charge >= 0.3 is 0 Å². The molecule has 0 aliphatic heterocycles. The van der Waals surface area contributed by atoms with Crippen LogP contribution in [0.1, 0.15) is 25.0 Å². The molecule has 0 saturated heterocycles. The maximum absolute atomic E-state index is 4.43. The fraction of sp³-hybridized carbons (Fsp3) is 0.143. The van der Waals surface area contributed by atoms with Crippen molar-refractivity contribution in [2.24, 2.45) is 0 Å². The van der Waals surface area contributed by atoms with E-state index in [9.17, 15) is 0 Å². The first kappa shape index (κ1) is 14.6. The predicted octanol–water partition coefficient (Wildman–Crippen LogP) is 4.95. The lowest BCUT2D eigenvalue weighted by molar-refractivity contribution is 0.643. The Morgan fingerprint density at radius 2 is 1.42 bits per heavy atom. The summed E-state index contributed by atoms with van der Waals surface area (Å²) in [7, 11) is 0. The summed E-state index contributed by atoms with van der Waals surface area (Å²) in [5.41, 5.74) is 6.52. The van der Waals surface area contributed by atoms with E-state index in [1.807, 2.05) is 12.1 Å². The first-order valence-corrected chi connectivity index (χ1v) is 8.13. The van der Waals surface area contributed by atoms with Gasteiger partial charge in [0.05, 0.1) is 0 Å². The van der Waals surface area contributed by atoms with Crippen LogP contribution in [0.25, 0.3) is 22.2 Å². The van der Waals surface area contributed by atoms with Crippen molar-refractivity contribution in [3.8, 4) is 11.1 Å². The van der Waals surface area contributed by atoms with Gasteiger partial charge in [0, 0.05) is 11.0 Å². The fourth-order valence-electron chi connectivity index (χ4n) is 3.34. The zero-order chi connectivity index (χ0) is 16.6. The number of hydrogen-bond acceptors (Lipinski definition) is 2. The second kappa shape index (κ2) is 5.60. The van der Waals surface area contributed by atoms with E-state index in [1.54, 1.807) is 0 Å². The molecule has 0 bridgehead atoms. The van der Waals surface area contributed by atoms with Crippen molar-refractivity contribution in [2.75, 3.05) is 0 Å². The van der Waals surface area contributed by atoms with Crippen LogP contribution in [0.3, 0.4) is 0 Å². The van der Waals surface area contributed by atoms with Crippen LogP contribution in [0, 0.1) is 0 Å². The molecule has 3 heteroatoms. The maximum Gasteiger partial charge on any atom is 0.121 e. The zero-order valence-corrected chi connectivity index (χ0v) is 13.8. The first-order chi connectivity index (χ1) is 11.7. The van der Waals surface area contributed by atoms with Crippen molar-refractivity contribution in [3.05, 3.63) is 83.9 Å².